The van der Waals surface area contributed by atoms with Crippen molar-refractivity contribution < 1.29 is 13.6 Å². The molecule has 37 heavy (non-hydrogen) atoms. The number of aryl methyl sites for hydroxylation is 2. The van der Waals surface area contributed by atoms with E-state index in [4.69, 9.17) is 19.6 Å². The Kier molecular flexibility index (Phi) is 4.29. The van der Waals surface area contributed by atoms with Crippen molar-refractivity contribution in [2.45, 2.75) is 25.4 Å². The van der Waals surface area contributed by atoms with Crippen LogP contribution in [0.1, 0.15) is 39.3 Å². The van der Waals surface area contributed by atoms with Crippen molar-refractivity contribution in [1.82, 2.24) is 25.2 Å². The van der Waals surface area contributed by atoms with Gasteiger partial charge in [-0.05, 0) is 25.8 Å². The highest BCUT2D eigenvalue weighted by atomic mass is 16.5. The molecule has 186 valence electrons. The molecule has 2 aliphatic heterocycles. The van der Waals surface area contributed by atoms with Gasteiger partial charge in [0.15, 0.2) is 23.2 Å². The minimum absolute atomic E-state index is 0.00121. The van der Waals surface area contributed by atoms with Gasteiger partial charge in [-0.15, -0.1) is 0 Å². The van der Waals surface area contributed by atoms with Crippen molar-refractivity contribution in [2.75, 3.05) is 30.7 Å². The normalized spacial score (nSPS) is 17.8. The summed E-state index contributed by atoms with van der Waals surface area (Å²) in [6.07, 6.45) is 3.35. The lowest BCUT2D eigenvalue weighted by Gasteiger charge is -2.28. The maximum Gasteiger partial charge on any atom is 0.180 e. The molecule has 0 amide bonds. The second kappa shape index (κ2) is 8.16. The van der Waals surface area contributed by atoms with Crippen LogP contribution in [0.4, 0.5) is 11.6 Å². The maximum atomic E-state index is 11.7. The Morgan fingerprint density at radius 1 is 1.35 bits per heavy atom. The van der Waals surface area contributed by atoms with Crippen molar-refractivity contribution in [2.24, 2.45) is 17.9 Å². The lowest BCUT2D eigenvalue weighted by Crippen LogP contribution is -2.34. The topological polar surface area (TPSA) is 168 Å². The molecule has 12 heteroatoms. The van der Waals surface area contributed by atoms with Crippen LogP contribution >= 0.6 is 0 Å². The zero-order valence-electron chi connectivity index (χ0n) is 23.1. The Morgan fingerprint density at radius 3 is 2.89 bits per heavy atom. The molecule has 3 aromatic rings. The number of nitrogens with one attached hydrogen (secondary N) is 3. The highest BCUT2D eigenvalue weighted by Crippen LogP contribution is 2.49. The fourth-order valence-electron chi connectivity index (χ4n) is 4.86. The molecule has 0 aromatic carbocycles. The summed E-state index contributed by atoms with van der Waals surface area (Å²) in [6.45, 7) is -0.201. The predicted octanol–water partition coefficient (Wildman–Crippen LogP) is 1.54. The molecule has 5 N–H and O–H groups in total. The number of nitrogens with two attached hydrogens (primary N) is 1. The third-order valence-corrected chi connectivity index (χ3v) is 6.90. The molecule has 0 atom stereocenters. The molecule has 3 aromatic heterocycles. The average molecular weight is 500 g/mol. The molecule has 1 saturated carbocycles. The smallest absolute Gasteiger partial charge is 0.180 e. The molecule has 5 heterocycles. The second-order valence-corrected chi connectivity index (χ2v) is 9.16. The lowest BCUT2D eigenvalue weighted by atomic mass is 9.95. The van der Waals surface area contributed by atoms with Crippen LogP contribution in [0.2, 0.25) is 0 Å². The predicted molar refractivity (Wildman–Crippen MR) is 138 cm³/mol. The number of nitriles is 1. The molecular weight excluding hydrogens is 472 g/mol. The molecular formula is C25H24N10O2. The summed E-state index contributed by atoms with van der Waals surface area (Å²) < 4.78 is 31.3. The highest BCUT2D eigenvalue weighted by molar-refractivity contribution is 6.12. The van der Waals surface area contributed by atoms with Crippen LogP contribution in [-0.4, -0.2) is 57.1 Å². The van der Waals surface area contributed by atoms with E-state index in [1.807, 2.05) is 0 Å². The van der Waals surface area contributed by atoms with E-state index in [1.165, 1.54) is 0 Å². The summed E-state index contributed by atoms with van der Waals surface area (Å²) in [5, 5.41) is 24.6. The summed E-state index contributed by atoms with van der Waals surface area (Å²) in [5.74, 6) is 2.58. The maximum absolute atomic E-state index is 11.7. The monoisotopic (exact) mass is 499 g/mol. The van der Waals surface area contributed by atoms with Gasteiger partial charge in [0.05, 0.1) is 41.1 Å². The number of ether oxygens (including phenoxy) is 1. The van der Waals surface area contributed by atoms with E-state index >= 15 is 0 Å². The third kappa shape index (κ3) is 3.36. The Morgan fingerprint density at radius 2 is 2.19 bits per heavy atom. The van der Waals surface area contributed by atoms with Crippen molar-refractivity contribution in [3.8, 4) is 34.3 Å². The zero-order chi connectivity index (χ0) is 28.4. The summed E-state index contributed by atoms with van der Waals surface area (Å²) in [5.41, 5.74) is 11.8. The molecule has 1 fully saturated rings. The minimum Gasteiger partial charge on any atom is -0.480 e. The second-order valence-electron chi connectivity index (χ2n) is 9.16. The van der Waals surface area contributed by atoms with Gasteiger partial charge in [-0.3, -0.25) is 10.1 Å². The minimum atomic E-state index is -2.63. The zero-order valence-corrected chi connectivity index (χ0v) is 20.1. The van der Waals surface area contributed by atoms with Crippen molar-refractivity contribution in [1.29, 1.82) is 5.26 Å². The van der Waals surface area contributed by atoms with Gasteiger partial charge >= 0.3 is 0 Å². The van der Waals surface area contributed by atoms with Crippen LogP contribution in [0.25, 0.3) is 28.2 Å². The third-order valence-electron chi connectivity index (χ3n) is 6.90. The quantitative estimate of drug-likeness (QED) is 0.386. The largest absolute Gasteiger partial charge is 0.480 e. The van der Waals surface area contributed by atoms with Gasteiger partial charge in [0.1, 0.15) is 23.1 Å². The van der Waals surface area contributed by atoms with Crippen LogP contribution in [0.15, 0.2) is 17.4 Å². The summed E-state index contributed by atoms with van der Waals surface area (Å²) >= 11 is 0. The average Bonchev–Trinajstić information content (AvgIpc) is 3.56. The van der Waals surface area contributed by atoms with Crippen LogP contribution in [-0.2, 0) is 11.8 Å². The van der Waals surface area contributed by atoms with E-state index in [2.05, 4.69) is 37.3 Å². The number of nitrogens with zero attached hydrogens (tertiary/aromatic N) is 6. The number of carbonyl (C=O) groups excluding carboxylic acids is 1. The molecule has 0 radical (unpaired) electrons. The fraction of sp³-hybridized carbons (Fsp3) is 0.320. The molecule has 0 unspecified atom stereocenters. The number of aromatic nitrogens is 4. The van der Waals surface area contributed by atoms with Crippen LogP contribution < -0.4 is 26.5 Å². The van der Waals surface area contributed by atoms with E-state index in [-0.39, 0.29) is 29.2 Å². The Labute approximate surface area is 216 Å². The number of hydrogen-bond acceptors (Lipinski definition) is 11. The fourth-order valence-corrected chi connectivity index (χ4v) is 4.86. The number of pyridine rings is 2. The molecule has 3 aliphatic rings. The van der Waals surface area contributed by atoms with E-state index in [0.717, 1.165) is 12.8 Å². The summed E-state index contributed by atoms with van der Waals surface area (Å²) in [7, 11) is 1.73. The number of anilines is 2. The van der Waals surface area contributed by atoms with Gasteiger partial charge < -0.3 is 21.1 Å². The summed E-state index contributed by atoms with van der Waals surface area (Å²) in [4.78, 5) is 21.0. The van der Waals surface area contributed by atoms with Crippen molar-refractivity contribution >= 4 is 29.0 Å². The molecule has 6 rings (SSSR count). The van der Waals surface area contributed by atoms with Crippen molar-refractivity contribution in [3.63, 3.8) is 0 Å². The highest BCUT2D eigenvalue weighted by Gasteiger charge is 2.49. The van der Waals surface area contributed by atoms with E-state index in [9.17, 15) is 10.1 Å². The molecule has 12 nitrogen and oxygen atoms in total. The molecule has 0 bridgehead atoms. The van der Waals surface area contributed by atoms with E-state index in [1.54, 1.807) is 36.9 Å². The Balaban J connectivity index is 1.60. The number of rotatable bonds is 4. The van der Waals surface area contributed by atoms with Gasteiger partial charge in [0.2, 0.25) is 0 Å². The van der Waals surface area contributed by atoms with E-state index in [0.29, 0.717) is 63.2 Å². The van der Waals surface area contributed by atoms with E-state index < -0.39 is 6.98 Å². The standard InChI is InChI=1S/C25H24N10O2/c1-12-19(14(7-26)22-24(31-12)29-11-25(37-22)4-5-25)21-15(9-30-35(21)3)16-6-13-17(8-27)33-34-18(10-36)20(13)23(28-2)32-16/h6,9,34H,4-5,8,11,27H2,1-3H3,(H,28,32)(H,29,31)/i2D3. The van der Waals surface area contributed by atoms with Gasteiger partial charge in [0, 0.05) is 41.4 Å². The molecule has 0 saturated heterocycles. The van der Waals surface area contributed by atoms with Crippen LogP contribution in [0.3, 0.4) is 0 Å². The van der Waals surface area contributed by atoms with Crippen LogP contribution in [0.5, 0.6) is 5.75 Å². The van der Waals surface area contributed by atoms with Crippen LogP contribution in [0, 0.1) is 18.3 Å². The molecule has 1 aliphatic carbocycles. The Bertz CT molecular complexity index is 1710. The lowest BCUT2D eigenvalue weighted by molar-refractivity contribution is 0.182. The van der Waals surface area contributed by atoms with Gasteiger partial charge in [-0.25, -0.2) is 14.8 Å². The number of fused-ring (bicyclic) bond motifs is 2. The first-order valence-electron chi connectivity index (χ1n) is 13.1. The SMILES string of the molecule is [2H]C([2H])([2H])Nc1nc(-c2cnn(C)c2-c2c(C)nc3c(c2C#N)OC2(CC2)CN3)cc2c1C(=C=O)NN=C2CN. The summed E-state index contributed by atoms with van der Waals surface area (Å²) in [6, 6.07) is 3.96. The molecule has 1 spiro atoms. The Hall–Kier alpha value is -4.72. The van der Waals surface area contributed by atoms with Gasteiger partial charge in [-0.2, -0.15) is 15.5 Å². The van der Waals surface area contributed by atoms with Gasteiger partial charge in [-0.1, -0.05) is 0 Å². The number of hydrogen-bond donors (Lipinski definition) is 4. The number of hydrazone groups is 1. The van der Waals surface area contributed by atoms with Gasteiger partial charge in [0.25, 0.3) is 0 Å². The van der Waals surface area contributed by atoms with Crippen molar-refractivity contribution in [3.05, 3.63) is 34.6 Å². The first kappa shape index (κ1) is 19.5. The first-order valence-corrected chi connectivity index (χ1v) is 11.6. The first-order chi connectivity index (χ1) is 19.1.